The average Bonchev–Trinajstić information content (AvgIpc) is 2.40. The second-order valence-corrected chi connectivity index (χ2v) is 4.99. The van der Waals surface area contributed by atoms with Crippen molar-refractivity contribution in [2.24, 2.45) is 5.92 Å². The topological polar surface area (TPSA) is 42.4 Å². The van der Waals surface area contributed by atoms with Crippen LogP contribution in [0.3, 0.4) is 0 Å². The highest BCUT2D eigenvalue weighted by Gasteiger charge is 2.25. The number of carbonyl (C=O) groups excluding carboxylic acids is 1. The van der Waals surface area contributed by atoms with Crippen LogP contribution in [0.4, 0.5) is 0 Å². The summed E-state index contributed by atoms with van der Waals surface area (Å²) in [5.41, 5.74) is 0. The molecule has 18 heavy (non-hydrogen) atoms. The molecule has 4 nitrogen and oxygen atoms in total. The largest absolute Gasteiger partial charge is 0.489 e. The smallest absolute Gasteiger partial charge is 0.225 e. The van der Waals surface area contributed by atoms with E-state index in [1.807, 2.05) is 30.9 Å². The fraction of sp³-hybridized carbons (Fsp3) is 0.571. The molecule has 1 aliphatic heterocycles. The lowest BCUT2D eigenvalue weighted by Gasteiger charge is -2.33. The van der Waals surface area contributed by atoms with Gasteiger partial charge in [0.2, 0.25) is 5.91 Å². The van der Waals surface area contributed by atoms with Crippen molar-refractivity contribution >= 4 is 5.91 Å². The Morgan fingerprint density at radius 1 is 1.44 bits per heavy atom. The van der Waals surface area contributed by atoms with Crippen molar-refractivity contribution in [2.45, 2.75) is 32.8 Å². The van der Waals surface area contributed by atoms with E-state index in [0.29, 0.717) is 0 Å². The van der Waals surface area contributed by atoms with E-state index >= 15 is 0 Å². The van der Waals surface area contributed by atoms with Crippen molar-refractivity contribution in [1.82, 2.24) is 9.88 Å². The lowest BCUT2D eigenvalue weighted by atomic mass is 10.1. The fourth-order valence-electron chi connectivity index (χ4n) is 2.17. The molecule has 0 atom stereocenters. The Labute approximate surface area is 108 Å². The number of hydrogen-bond donors (Lipinski definition) is 0. The van der Waals surface area contributed by atoms with E-state index in [-0.39, 0.29) is 17.9 Å². The molecular formula is C14H20N2O2. The first kappa shape index (κ1) is 12.9. The number of aromatic nitrogens is 1. The summed E-state index contributed by atoms with van der Waals surface area (Å²) in [6.45, 7) is 5.48. The molecule has 1 saturated heterocycles. The second-order valence-electron chi connectivity index (χ2n) is 4.99. The van der Waals surface area contributed by atoms with Gasteiger partial charge in [0, 0.05) is 38.0 Å². The minimum atomic E-state index is 0.0841. The number of nitrogens with zero attached hydrogens (tertiary/aromatic N) is 2. The summed E-state index contributed by atoms with van der Waals surface area (Å²) < 4.78 is 5.84. The second kappa shape index (κ2) is 5.85. The summed E-state index contributed by atoms with van der Waals surface area (Å²) in [5.74, 6) is 1.14. The molecule has 1 aliphatic rings. The van der Waals surface area contributed by atoms with Gasteiger partial charge in [-0.25, -0.2) is 0 Å². The molecule has 2 rings (SSSR count). The molecule has 1 aromatic rings. The van der Waals surface area contributed by atoms with Crippen LogP contribution in [0.15, 0.2) is 24.5 Å². The number of amides is 1. The van der Waals surface area contributed by atoms with Crippen LogP contribution in [-0.2, 0) is 4.79 Å². The van der Waals surface area contributed by atoms with Crippen LogP contribution >= 0.6 is 0 Å². The molecule has 4 heteroatoms. The van der Waals surface area contributed by atoms with E-state index in [9.17, 15) is 4.79 Å². The van der Waals surface area contributed by atoms with Gasteiger partial charge in [0.15, 0.2) is 0 Å². The van der Waals surface area contributed by atoms with Gasteiger partial charge < -0.3 is 9.64 Å². The molecule has 0 spiro atoms. The van der Waals surface area contributed by atoms with Crippen molar-refractivity contribution in [3.05, 3.63) is 24.5 Å². The summed E-state index contributed by atoms with van der Waals surface area (Å²) in [4.78, 5) is 17.8. The van der Waals surface area contributed by atoms with Crippen LogP contribution in [0.2, 0.25) is 0 Å². The zero-order chi connectivity index (χ0) is 13.0. The predicted octanol–water partition coefficient (Wildman–Crippen LogP) is 2.11. The molecule has 98 valence electrons. The molecule has 0 bridgehead atoms. The molecule has 0 saturated carbocycles. The Bertz CT molecular complexity index is 384. The third-order valence-electron chi connectivity index (χ3n) is 3.18. The molecule has 0 N–H and O–H groups in total. The number of hydrogen-bond acceptors (Lipinski definition) is 3. The van der Waals surface area contributed by atoms with Crippen molar-refractivity contribution in [2.75, 3.05) is 13.1 Å². The van der Waals surface area contributed by atoms with Gasteiger partial charge in [0.1, 0.15) is 11.9 Å². The van der Waals surface area contributed by atoms with E-state index in [4.69, 9.17) is 4.74 Å². The van der Waals surface area contributed by atoms with E-state index in [0.717, 1.165) is 31.7 Å². The Hall–Kier alpha value is -1.58. The molecule has 0 aromatic carbocycles. The molecular weight excluding hydrogens is 228 g/mol. The lowest BCUT2D eigenvalue weighted by molar-refractivity contribution is -0.136. The van der Waals surface area contributed by atoms with E-state index in [1.54, 1.807) is 12.4 Å². The molecule has 0 aliphatic carbocycles. The van der Waals surface area contributed by atoms with Crippen molar-refractivity contribution in [3.63, 3.8) is 0 Å². The van der Waals surface area contributed by atoms with Gasteiger partial charge in [-0.2, -0.15) is 0 Å². The molecule has 0 unspecified atom stereocenters. The highest BCUT2D eigenvalue weighted by atomic mass is 16.5. The molecule has 1 aromatic heterocycles. The van der Waals surface area contributed by atoms with Gasteiger partial charge in [0.25, 0.3) is 0 Å². The number of ether oxygens (including phenoxy) is 1. The molecule has 2 heterocycles. The summed E-state index contributed by atoms with van der Waals surface area (Å²) in [6.07, 6.45) is 5.45. The number of rotatable bonds is 3. The van der Waals surface area contributed by atoms with Crippen LogP contribution < -0.4 is 4.74 Å². The Kier molecular flexibility index (Phi) is 4.18. The summed E-state index contributed by atoms with van der Waals surface area (Å²) in [7, 11) is 0. The number of pyridine rings is 1. The minimum Gasteiger partial charge on any atom is -0.489 e. The van der Waals surface area contributed by atoms with Gasteiger partial charge in [-0.1, -0.05) is 13.8 Å². The molecule has 0 radical (unpaired) electrons. The number of carbonyl (C=O) groups is 1. The predicted molar refractivity (Wildman–Crippen MR) is 69.3 cm³/mol. The number of piperidine rings is 1. The summed E-state index contributed by atoms with van der Waals surface area (Å²) >= 11 is 0. The van der Waals surface area contributed by atoms with E-state index < -0.39 is 0 Å². The summed E-state index contributed by atoms with van der Waals surface area (Å²) in [5, 5.41) is 0. The van der Waals surface area contributed by atoms with Crippen LogP contribution in [-0.4, -0.2) is 35.0 Å². The zero-order valence-electron chi connectivity index (χ0n) is 11.0. The van der Waals surface area contributed by atoms with Gasteiger partial charge in [-0.3, -0.25) is 9.78 Å². The van der Waals surface area contributed by atoms with Crippen LogP contribution in [0.25, 0.3) is 0 Å². The minimum absolute atomic E-state index is 0.0841. The van der Waals surface area contributed by atoms with Crippen LogP contribution in [0.5, 0.6) is 5.75 Å². The van der Waals surface area contributed by atoms with Crippen molar-refractivity contribution in [1.29, 1.82) is 0 Å². The maximum atomic E-state index is 11.8. The highest BCUT2D eigenvalue weighted by Crippen LogP contribution is 2.18. The van der Waals surface area contributed by atoms with E-state index in [1.165, 1.54) is 0 Å². The molecule has 1 amide bonds. The third kappa shape index (κ3) is 3.22. The fourth-order valence-corrected chi connectivity index (χ4v) is 2.17. The van der Waals surface area contributed by atoms with Crippen molar-refractivity contribution < 1.29 is 9.53 Å². The normalized spacial score (nSPS) is 16.9. The van der Waals surface area contributed by atoms with Gasteiger partial charge in [-0.05, 0) is 12.1 Å². The Morgan fingerprint density at radius 3 is 2.72 bits per heavy atom. The molecule has 1 fully saturated rings. The van der Waals surface area contributed by atoms with E-state index in [2.05, 4.69) is 4.98 Å². The average molecular weight is 248 g/mol. The monoisotopic (exact) mass is 248 g/mol. The first-order valence-corrected chi connectivity index (χ1v) is 6.52. The first-order chi connectivity index (χ1) is 8.66. The van der Waals surface area contributed by atoms with Crippen LogP contribution in [0, 0.1) is 5.92 Å². The van der Waals surface area contributed by atoms with Crippen LogP contribution in [0.1, 0.15) is 26.7 Å². The van der Waals surface area contributed by atoms with Gasteiger partial charge in [-0.15, -0.1) is 0 Å². The third-order valence-corrected chi connectivity index (χ3v) is 3.18. The zero-order valence-corrected chi connectivity index (χ0v) is 11.0. The maximum absolute atomic E-state index is 11.8. The van der Waals surface area contributed by atoms with Gasteiger partial charge in [0.05, 0.1) is 6.20 Å². The van der Waals surface area contributed by atoms with Crippen molar-refractivity contribution in [3.8, 4) is 5.75 Å². The summed E-state index contributed by atoms with van der Waals surface area (Å²) in [6, 6.07) is 3.78. The highest BCUT2D eigenvalue weighted by molar-refractivity contribution is 5.78. The Morgan fingerprint density at radius 2 is 2.17 bits per heavy atom. The quantitative estimate of drug-likeness (QED) is 0.822. The number of likely N-dealkylation sites (tertiary alicyclic amines) is 1. The SMILES string of the molecule is CC(C)C(=O)N1CCC(Oc2cccnc2)CC1. The first-order valence-electron chi connectivity index (χ1n) is 6.52. The lowest BCUT2D eigenvalue weighted by Crippen LogP contribution is -2.43. The Balaban J connectivity index is 1.82. The maximum Gasteiger partial charge on any atom is 0.225 e. The standard InChI is InChI=1S/C14H20N2O2/c1-11(2)14(17)16-8-5-12(6-9-16)18-13-4-3-7-15-10-13/h3-4,7,10-12H,5-6,8-9H2,1-2H3. The van der Waals surface area contributed by atoms with Gasteiger partial charge >= 0.3 is 0 Å².